The fourth-order valence-corrected chi connectivity index (χ4v) is 2.39. The van der Waals surface area contributed by atoms with E-state index in [9.17, 15) is 15.3 Å². The number of ether oxygens (including phenoxy) is 1. The number of hydrogen-bond acceptors (Lipinski definition) is 6. The van der Waals surface area contributed by atoms with Crippen molar-refractivity contribution in [3.05, 3.63) is 35.4 Å². The molecule has 1 heterocycles. The van der Waals surface area contributed by atoms with Gasteiger partial charge in [-0.15, -0.1) is 0 Å². The summed E-state index contributed by atoms with van der Waals surface area (Å²) in [6.45, 7) is 0.0495. The van der Waals surface area contributed by atoms with Crippen LogP contribution in [0.3, 0.4) is 0 Å². The van der Waals surface area contributed by atoms with Crippen molar-refractivity contribution in [2.24, 2.45) is 5.73 Å². The average molecular weight is 283 g/mol. The monoisotopic (exact) mass is 283 g/mol. The smallest absolute Gasteiger partial charge is 0.111 e. The molecule has 5 atom stereocenters. The van der Waals surface area contributed by atoms with Gasteiger partial charge < -0.3 is 30.9 Å². The highest BCUT2D eigenvalue weighted by Gasteiger charge is 2.43. The van der Waals surface area contributed by atoms with Gasteiger partial charge in [0.15, 0.2) is 0 Å². The summed E-state index contributed by atoms with van der Waals surface area (Å²) < 4.78 is 5.46. The van der Waals surface area contributed by atoms with Gasteiger partial charge in [-0.2, -0.15) is 0 Å². The molecule has 1 fully saturated rings. The Bertz CT molecular complexity index is 422. The van der Waals surface area contributed by atoms with Crippen molar-refractivity contribution < 1.29 is 25.2 Å². The Balaban J connectivity index is 2.06. The molecule has 6 N–H and O–H groups in total. The molecule has 2 rings (SSSR count). The Morgan fingerprint density at radius 1 is 0.900 bits per heavy atom. The largest absolute Gasteiger partial charge is 0.394 e. The summed E-state index contributed by atoms with van der Waals surface area (Å²) in [6, 6.07) is 7.53. The van der Waals surface area contributed by atoms with E-state index >= 15 is 0 Å². The van der Waals surface area contributed by atoms with Gasteiger partial charge in [0.05, 0.1) is 12.7 Å². The fraction of sp³-hybridized carbons (Fsp3) is 0.571. The molecule has 1 aromatic carbocycles. The third-order valence-corrected chi connectivity index (χ3v) is 3.69. The number of benzene rings is 1. The van der Waals surface area contributed by atoms with Crippen molar-refractivity contribution in [2.45, 2.75) is 43.5 Å². The maximum Gasteiger partial charge on any atom is 0.111 e. The molecule has 0 bridgehead atoms. The van der Waals surface area contributed by atoms with Gasteiger partial charge in [-0.05, 0) is 11.1 Å². The highest BCUT2D eigenvalue weighted by atomic mass is 16.5. The van der Waals surface area contributed by atoms with E-state index in [4.69, 9.17) is 15.6 Å². The van der Waals surface area contributed by atoms with E-state index in [-0.39, 0.29) is 0 Å². The van der Waals surface area contributed by atoms with Gasteiger partial charge in [-0.25, -0.2) is 0 Å². The number of rotatable bonds is 4. The molecular weight excluding hydrogens is 262 g/mol. The minimum atomic E-state index is -1.32. The van der Waals surface area contributed by atoms with Crippen LogP contribution in [0.1, 0.15) is 11.1 Å². The minimum absolute atomic E-state index is 0.381. The quantitative estimate of drug-likeness (QED) is 0.461. The van der Waals surface area contributed by atoms with Crippen LogP contribution in [0.15, 0.2) is 24.3 Å². The van der Waals surface area contributed by atoms with E-state index in [1.807, 2.05) is 24.3 Å². The summed E-state index contributed by atoms with van der Waals surface area (Å²) in [4.78, 5) is 0. The molecule has 1 aromatic rings. The SMILES string of the molecule is NCc1ccc(C[C@@H]2O[C@H](CO)[C@@H](O)[C@H](O)[C@H]2O)cc1. The topological polar surface area (TPSA) is 116 Å². The first-order valence-electron chi connectivity index (χ1n) is 6.65. The standard InChI is InChI=1S/C14H21NO5/c15-6-9-3-1-8(2-4-9)5-10-12(17)14(19)13(18)11(7-16)20-10/h1-4,10-14,16-19H,5-7,15H2/t10-,11+,12-,13+,14+/m0/s1. The Hall–Kier alpha value is -1.02. The molecule has 0 spiro atoms. The summed E-state index contributed by atoms with van der Waals surface area (Å²) in [5.74, 6) is 0. The van der Waals surface area contributed by atoms with Gasteiger partial charge >= 0.3 is 0 Å². The molecule has 0 saturated carbocycles. The van der Waals surface area contributed by atoms with E-state index in [1.165, 1.54) is 0 Å². The Labute approximate surface area is 117 Å². The van der Waals surface area contributed by atoms with Crippen molar-refractivity contribution in [3.8, 4) is 0 Å². The number of hydrogen-bond donors (Lipinski definition) is 5. The predicted molar refractivity (Wildman–Crippen MR) is 71.8 cm³/mol. The number of aliphatic hydroxyl groups is 4. The van der Waals surface area contributed by atoms with Crippen LogP contribution in [0.25, 0.3) is 0 Å². The highest BCUT2D eigenvalue weighted by molar-refractivity contribution is 5.23. The van der Waals surface area contributed by atoms with Crippen molar-refractivity contribution in [1.29, 1.82) is 0 Å². The molecule has 0 amide bonds. The number of aliphatic hydroxyl groups excluding tert-OH is 4. The van der Waals surface area contributed by atoms with Gasteiger partial charge in [-0.3, -0.25) is 0 Å². The van der Waals surface area contributed by atoms with Gasteiger partial charge in [-0.1, -0.05) is 24.3 Å². The van der Waals surface area contributed by atoms with Crippen molar-refractivity contribution in [3.63, 3.8) is 0 Å². The fourth-order valence-electron chi connectivity index (χ4n) is 2.39. The van der Waals surface area contributed by atoms with Crippen LogP contribution >= 0.6 is 0 Å². The maximum absolute atomic E-state index is 9.95. The second-order valence-electron chi connectivity index (χ2n) is 5.09. The van der Waals surface area contributed by atoms with Gasteiger partial charge in [0, 0.05) is 13.0 Å². The van der Waals surface area contributed by atoms with Crippen molar-refractivity contribution >= 4 is 0 Å². The summed E-state index contributed by atoms with van der Waals surface area (Å²) in [5, 5.41) is 38.5. The number of nitrogens with two attached hydrogens (primary N) is 1. The lowest BCUT2D eigenvalue weighted by molar-refractivity contribution is -0.228. The zero-order valence-corrected chi connectivity index (χ0v) is 11.1. The molecule has 112 valence electrons. The van der Waals surface area contributed by atoms with Crippen LogP contribution in [-0.4, -0.2) is 57.6 Å². The summed E-state index contributed by atoms with van der Waals surface area (Å²) in [7, 11) is 0. The summed E-state index contributed by atoms with van der Waals surface area (Å²) >= 11 is 0. The van der Waals surface area contributed by atoms with E-state index in [2.05, 4.69) is 0 Å². The minimum Gasteiger partial charge on any atom is -0.394 e. The van der Waals surface area contributed by atoms with Gasteiger partial charge in [0.2, 0.25) is 0 Å². The average Bonchev–Trinajstić information content (AvgIpc) is 2.48. The van der Waals surface area contributed by atoms with E-state index in [0.717, 1.165) is 11.1 Å². The van der Waals surface area contributed by atoms with Crippen molar-refractivity contribution in [2.75, 3.05) is 6.61 Å². The zero-order valence-electron chi connectivity index (χ0n) is 11.1. The van der Waals surface area contributed by atoms with E-state index in [0.29, 0.717) is 13.0 Å². The first-order valence-corrected chi connectivity index (χ1v) is 6.65. The van der Waals surface area contributed by atoms with Crippen LogP contribution in [0.5, 0.6) is 0 Å². The Kier molecular flexibility index (Phi) is 5.09. The maximum atomic E-state index is 9.95. The lowest BCUT2D eigenvalue weighted by Gasteiger charge is -2.40. The van der Waals surface area contributed by atoms with Gasteiger partial charge in [0.1, 0.15) is 24.4 Å². The molecule has 20 heavy (non-hydrogen) atoms. The Morgan fingerprint density at radius 3 is 2.00 bits per heavy atom. The summed E-state index contributed by atoms with van der Waals surface area (Å²) in [6.07, 6.45) is -4.98. The molecule has 1 saturated heterocycles. The molecule has 6 heteroatoms. The summed E-state index contributed by atoms with van der Waals surface area (Å²) in [5.41, 5.74) is 7.45. The third-order valence-electron chi connectivity index (χ3n) is 3.69. The molecule has 0 unspecified atom stereocenters. The molecule has 1 aliphatic heterocycles. The molecule has 1 aliphatic rings. The molecule has 6 nitrogen and oxygen atoms in total. The highest BCUT2D eigenvalue weighted by Crippen LogP contribution is 2.23. The lowest BCUT2D eigenvalue weighted by Crippen LogP contribution is -2.58. The first-order chi connectivity index (χ1) is 9.56. The van der Waals surface area contributed by atoms with Crippen LogP contribution in [0.4, 0.5) is 0 Å². The molecule has 0 radical (unpaired) electrons. The van der Waals surface area contributed by atoms with Crippen LogP contribution in [-0.2, 0) is 17.7 Å². The van der Waals surface area contributed by atoms with E-state index in [1.54, 1.807) is 0 Å². The van der Waals surface area contributed by atoms with Gasteiger partial charge in [0.25, 0.3) is 0 Å². The molecular formula is C14H21NO5. The molecule has 0 aromatic heterocycles. The zero-order chi connectivity index (χ0) is 14.7. The van der Waals surface area contributed by atoms with E-state index < -0.39 is 37.1 Å². The van der Waals surface area contributed by atoms with Crippen LogP contribution in [0.2, 0.25) is 0 Å². The second-order valence-corrected chi connectivity index (χ2v) is 5.09. The van der Waals surface area contributed by atoms with Crippen LogP contribution in [0, 0.1) is 0 Å². The first kappa shape index (κ1) is 15.4. The van der Waals surface area contributed by atoms with Crippen molar-refractivity contribution in [1.82, 2.24) is 0 Å². The predicted octanol–water partition coefficient (Wildman–Crippen LogP) is -1.47. The third kappa shape index (κ3) is 3.17. The van der Waals surface area contributed by atoms with Crippen LogP contribution < -0.4 is 5.73 Å². The Morgan fingerprint density at radius 2 is 1.45 bits per heavy atom. The normalized spacial score (nSPS) is 34.1. The molecule has 0 aliphatic carbocycles. The lowest BCUT2D eigenvalue weighted by atomic mass is 9.91. The second kappa shape index (κ2) is 6.62.